The molecular formula is C20H20N2OS2. The summed E-state index contributed by atoms with van der Waals surface area (Å²) in [6, 6.07) is 2.13. The predicted molar refractivity (Wildman–Crippen MR) is 107 cm³/mol. The standard InChI is InChI=1S/C20H20N2OS2/c23-20-17-15-6-1-2-7-16(15)25-19(17)21-18-14(5-3-4-9-22(18)20)11-13-8-10-24-12-13/h8,10-12H,1-7,9H2. The minimum Gasteiger partial charge on any atom is -0.292 e. The van der Waals surface area contributed by atoms with Gasteiger partial charge in [0.25, 0.3) is 5.56 Å². The molecule has 5 heteroatoms. The van der Waals surface area contributed by atoms with Crippen molar-refractivity contribution in [3.05, 3.63) is 49.0 Å². The van der Waals surface area contributed by atoms with Crippen molar-refractivity contribution in [2.24, 2.45) is 0 Å². The highest BCUT2D eigenvalue weighted by atomic mass is 32.1. The van der Waals surface area contributed by atoms with E-state index < -0.39 is 0 Å². The van der Waals surface area contributed by atoms with Crippen molar-refractivity contribution in [2.75, 3.05) is 0 Å². The van der Waals surface area contributed by atoms with Crippen molar-refractivity contribution in [2.45, 2.75) is 51.5 Å². The summed E-state index contributed by atoms with van der Waals surface area (Å²) in [4.78, 5) is 20.7. The van der Waals surface area contributed by atoms with Gasteiger partial charge in [-0.05, 0) is 84.5 Å². The third-order valence-corrected chi connectivity index (χ3v) is 7.21. The second kappa shape index (κ2) is 6.22. The maximum Gasteiger partial charge on any atom is 0.262 e. The lowest BCUT2D eigenvalue weighted by Crippen LogP contribution is -2.24. The lowest BCUT2D eigenvalue weighted by molar-refractivity contribution is 0.613. The molecule has 1 aliphatic heterocycles. The van der Waals surface area contributed by atoms with E-state index in [-0.39, 0.29) is 5.56 Å². The van der Waals surface area contributed by atoms with Crippen molar-refractivity contribution in [1.82, 2.24) is 9.55 Å². The fraction of sp³-hybridized carbons (Fsp3) is 0.400. The zero-order valence-electron chi connectivity index (χ0n) is 14.1. The fourth-order valence-corrected chi connectivity index (χ4v) is 5.95. The number of hydrogen-bond donors (Lipinski definition) is 0. The summed E-state index contributed by atoms with van der Waals surface area (Å²) in [6.45, 7) is 0.794. The van der Waals surface area contributed by atoms with Crippen LogP contribution in [0.25, 0.3) is 21.9 Å². The maximum absolute atomic E-state index is 13.3. The number of allylic oxidation sites excluding steroid dienone is 1. The predicted octanol–water partition coefficient (Wildman–Crippen LogP) is 5.12. The van der Waals surface area contributed by atoms with E-state index in [0.717, 1.165) is 54.7 Å². The van der Waals surface area contributed by atoms with Gasteiger partial charge in [-0.25, -0.2) is 4.98 Å². The normalized spacial score (nSPS) is 19.0. The van der Waals surface area contributed by atoms with Crippen molar-refractivity contribution in [1.29, 1.82) is 0 Å². The molecule has 4 heterocycles. The molecular weight excluding hydrogens is 348 g/mol. The number of thiophene rings is 2. The van der Waals surface area contributed by atoms with E-state index in [9.17, 15) is 4.79 Å². The van der Waals surface area contributed by atoms with E-state index in [0.29, 0.717) is 0 Å². The quantitative estimate of drug-likeness (QED) is 0.597. The molecule has 0 saturated heterocycles. The van der Waals surface area contributed by atoms with Crippen LogP contribution in [0.3, 0.4) is 0 Å². The van der Waals surface area contributed by atoms with Gasteiger partial charge in [0.15, 0.2) is 0 Å². The summed E-state index contributed by atoms with van der Waals surface area (Å²) in [6.07, 6.45) is 9.98. The molecule has 0 radical (unpaired) electrons. The first-order chi connectivity index (χ1) is 12.3. The SMILES string of the molecule is O=c1c2c3c(sc2nc2n1CCCCC2=Cc1ccsc1)CCCC3. The van der Waals surface area contributed by atoms with Crippen LogP contribution in [0.5, 0.6) is 0 Å². The Morgan fingerprint density at radius 1 is 1.12 bits per heavy atom. The van der Waals surface area contributed by atoms with Crippen LogP contribution in [-0.2, 0) is 19.4 Å². The molecule has 0 aromatic carbocycles. The smallest absolute Gasteiger partial charge is 0.262 e. The average Bonchev–Trinajstić information content (AvgIpc) is 3.20. The summed E-state index contributed by atoms with van der Waals surface area (Å²) in [5.74, 6) is 0.903. The minimum atomic E-state index is 0.192. The first kappa shape index (κ1) is 15.5. The van der Waals surface area contributed by atoms with Crippen LogP contribution in [0.15, 0.2) is 21.6 Å². The number of nitrogens with zero attached hydrogens (tertiary/aromatic N) is 2. The van der Waals surface area contributed by atoms with Crippen LogP contribution in [0.4, 0.5) is 0 Å². The second-order valence-electron chi connectivity index (χ2n) is 6.97. The Labute approximate surface area is 154 Å². The lowest BCUT2D eigenvalue weighted by Gasteiger charge is -2.12. The maximum atomic E-state index is 13.3. The molecule has 3 aromatic heterocycles. The van der Waals surface area contributed by atoms with Gasteiger partial charge in [0.1, 0.15) is 10.7 Å². The van der Waals surface area contributed by atoms with E-state index >= 15 is 0 Å². The second-order valence-corrected chi connectivity index (χ2v) is 8.83. The number of hydrogen-bond acceptors (Lipinski definition) is 4. The highest BCUT2D eigenvalue weighted by molar-refractivity contribution is 7.18. The first-order valence-electron chi connectivity index (χ1n) is 9.09. The minimum absolute atomic E-state index is 0.192. The molecule has 2 aliphatic rings. The molecule has 25 heavy (non-hydrogen) atoms. The van der Waals surface area contributed by atoms with Crippen LogP contribution in [0, 0.1) is 0 Å². The van der Waals surface area contributed by atoms with Gasteiger partial charge in [0.05, 0.1) is 5.39 Å². The third-order valence-electron chi connectivity index (χ3n) is 5.32. The molecule has 3 nitrogen and oxygen atoms in total. The van der Waals surface area contributed by atoms with Crippen LogP contribution < -0.4 is 5.56 Å². The first-order valence-corrected chi connectivity index (χ1v) is 10.9. The molecule has 3 aromatic rings. The van der Waals surface area contributed by atoms with E-state index in [1.165, 1.54) is 34.4 Å². The van der Waals surface area contributed by atoms with E-state index in [2.05, 4.69) is 22.9 Å². The number of rotatable bonds is 1. The highest BCUT2D eigenvalue weighted by Gasteiger charge is 2.24. The molecule has 0 N–H and O–H groups in total. The highest BCUT2D eigenvalue weighted by Crippen LogP contribution is 2.35. The number of aryl methyl sites for hydroxylation is 2. The Hall–Kier alpha value is -1.72. The van der Waals surface area contributed by atoms with E-state index in [4.69, 9.17) is 4.98 Å². The van der Waals surface area contributed by atoms with Gasteiger partial charge in [0.2, 0.25) is 0 Å². The summed E-state index contributed by atoms with van der Waals surface area (Å²) in [7, 11) is 0. The van der Waals surface area contributed by atoms with Crippen LogP contribution in [0.1, 0.15) is 53.9 Å². The van der Waals surface area contributed by atoms with Crippen molar-refractivity contribution in [3.8, 4) is 0 Å². The zero-order chi connectivity index (χ0) is 16.8. The van der Waals surface area contributed by atoms with Crippen LogP contribution in [0.2, 0.25) is 0 Å². The topological polar surface area (TPSA) is 34.9 Å². The Kier molecular flexibility index (Phi) is 3.86. The van der Waals surface area contributed by atoms with Crippen LogP contribution in [-0.4, -0.2) is 9.55 Å². The van der Waals surface area contributed by atoms with Crippen molar-refractivity contribution >= 4 is 44.5 Å². The Morgan fingerprint density at radius 2 is 2.00 bits per heavy atom. The summed E-state index contributed by atoms with van der Waals surface area (Å²) in [5.41, 5.74) is 3.92. The molecule has 128 valence electrons. The Bertz CT molecular complexity index is 1020. The lowest BCUT2D eigenvalue weighted by atomic mass is 9.97. The Balaban J connectivity index is 1.76. The molecule has 0 unspecified atom stereocenters. The van der Waals surface area contributed by atoms with E-state index in [1.807, 2.05) is 4.57 Å². The van der Waals surface area contributed by atoms with Gasteiger partial charge in [-0.2, -0.15) is 11.3 Å². The van der Waals surface area contributed by atoms with Gasteiger partial charge >= 0.3 is 0 Å². The molecule has 0 spiro atoms. The van der Waals surface area contributed by atoms with E-state index in [1.54, 1.807) is 22.7 Å². The monoisotopic (exact) mass is 368 g/mol. The summed E-state index contributed by atoms with van der Waals surface area (Å²) < 4.78 is 1.95. The van der Waals surface area contributed by atoms with Crippen molar-refractivity contribution < 1.29 is 0 Å². The number of aromatic nitrogens is 2. The molecule has 0 bridgehead atoms. The average molecular weight is 369 g/mol. The number of fused-ring (bicyclic) bond motifs is 4. The molecule has 0 atom stereocenters. The summed E-state index contributed by atoms with van der Waals surface area (Å²) in [5, 5.41) is 5.17. The Morgan fingerprint density at radius 3 is 2.88 bits per heavy atom. The van der Waals surface area contributed by atoms with Crippen molar-refractivity contribution in [3.63, 3.8) is 0 Å². The fourth-order valence-electron chi connectivity index (χ4n) is 4.08. The molecule has 0 amide bonds. The molecule has 0 fully saturated rings. The molecule has 1 aliphatic carbocycles. The van der Waals surface area contributed by atoms with Gasteiger partial charge < -0.3 is 0 Å². The largest absolute Gasteiger partial charge is 0.292 e. The molecule has 0 saturated carbocycles. The van der Waals surface area contributed by atoms with Gasteiger partial charge in [-0.15, -0.1) is 11.3 Å². The third kappa shape index (κ3) is 2.61. The van der Waals surface area contributed by atoms with Gasteiger partial charge in [-0.3, -0.25) is 9.36 Å². The van der Waals surface area contributed by atoms with Crippen LogP contribution >= 0.6 is 22.7 Å². The summed E-state index contributed by atoms with van der Waals surface area (Å²) >= 11 is 3.46. The van der Waals surface area contributed by atoms with Gasteiger partial charge in [0, 0.05) is 11.4 Å². The molecule has 5 rings (SSSR count). The van der Waals surface area contributed by atoms with Gasteiger partial charge in [-0.1, -0.05) is 0 Å². The zero-order valence-corrected chi connectivity index (χ0v) is 15.7.